The Balaban J connectivity index is 1.82. The molecular formula is C17H25NO. The van der Waals surface area contributed by atoms with Crippen LogP contribution in [0.4, 0.5) is 0 Å². The Morgan fingerprint density at radius 2 is 2.00 bits per heavy atom. The second-order valence-electron chi connectivity index (χ2n) is 6.06. The fourth-order valence-electron chi connectivity index (χ4n) is 3.75. The number of benzene rings is 1. The third-order valence-corrected chi connectivity index (χ3v) is 4.83. The van der Waals surface area contributed by atoms with E-state index >= 15 is 0 Å². The molecule has 2 nitrogen and oxygen atoms in total. The van der Waals surface area contributed by atoms with Gasteiger partial charge in [0.25, 0.3) is 0 Å². The number of aryl methyl sites for hydroxylation is 1. The van der Waals surface area contributed by atoms with Crippen molar-refractivity contribution in [3.05, 3.63) is 29.3 Å². The molecule has 1 aromatic rings. The van der Waals surface area contributed by atoms with Crippen molar-refractivity contribution in [3.8, 4) is 5.75 Å². The SMILES string of the molecule is NCC(c1ccc2c(c1)CCCO2)C1CCCCC1. The normalized spacial score (nSPS) is 21.5. The maximum atomic E-state index is 6.08. The molecule has 0 bridgehead atoms. The van der Waals surface area contributed by atoms with Crippen LogP contribution in [0.2, 0.25) is 0 Å². The third-order valence-electron chi connectivity index (χ3n) is 4.83. The number of hydrogen-bond acceptors (Lipinski definition) is 2. The Bertz CT molecular complexity index is 423. The molecule has 0 amide bonds. The molecule has 2 N–H and O–H groups in total. The second-order valence-corrected chi connectivity index (χ2v) is 6.06. The molecule has 19 heavy (non-hydrogen) atoms. The summed E-state index contributed by atoms with van der Waals surface area (Å²) in [6, 6.07) is 6.77. The summed E-state index contributed by atoms with van der Waals surface area (Å²) in [4.78, 5) is 0. The van der Waals surface area contributed by atoms with E-state index in [0.717, 1.165) is 37.7 Å². The van der Waals surface area contributed by atoms with Gasteiger partial charge in [-0.1, -0.05) is 31.4 Å². The van der Waals surface area contributed by atoms with Crippen LogP contribution in [0.5, 0.6) is 5.75 Å². The lowest BCUT2D eigenvalue weighted by Crippen LogP contribution is -2.24. The van der Waals surface area contributed by atoms with Crippen LogP contribution in [0.3, 0.4) is 0 Å². The monoisotopic (exact) mass is 259 g/mol. The fraction of sp³-hybridized carbons (Fsp3) is 0.647. The molecule has 3 rings (SSSR count). The minimum atomic E-state index is 0.549. The minimum absolute atomic E-state index is 0.549. The fourth-order valence-corrected chi connectivity index (χ4v) is 3.75. The van der Waals surface area contributed by atoms with E-state index in [9.17, 15) is 0 Å². The van der Waals surface area contributed by atoms with Crippen LogP contribution in [-0.4, -0.2) is 13.2 Å². The zero-order valence-electron chi connectivity index (χ0n) is 11.7. The van der Waals surface area contributed by atoms with Crippen LogP contribution in [0.15, 0.2) is 18.2 Å². The summed E-state index contributed by atoms with van der Waals surface area (Å²) in [6.45, 7) is 1.65. The highest BCUT2D eigenvalue weighted by atomic mass is 16.5. The quantitative estimate of drug-likeness (QED) is 0.899. The van der Waals surface area contributed by atoms with Gasteiger partial charge in [0.05, 0.1) is 6.61 Å². The van der Waals surface area contributed by atoms with Crippen LogP contribution in [0.25, 0.3) is 0 Å². The topological polar surface area (TPSA) is 35.2 Å². The van der Waals surface area contributed by atoms with Crippen LogP contribution in [0.1, 0.15) is 55.6 Å². The first-order valence-corrected chi connectivity index (χ1v) is 7.84. The smallest absolute Gasteiger partial charge is 0.122 e. The van der Waals surface area contributed by atoms with E-state index < -0.39 is 0 Å². The third kappa shape index (κ3) is 2.79. The van der Waals surface area contributed by atoms with Crippen molar-refractivity contribution in [2.75, 3.05) is 13.2 Å². The molecule has 2 heteroatoms. The Hall–Kier alpha value is -1.02. The average molecular weight is 259 g/mol. The number of fused-ring (bicyclic) bond motifs is 1. The minimum Gasteiger partial charge on any atom is -0.493 e. The van der Waals surface area contributed by atoms with E-state index in [1.165, 1.54) is 43.2 Å². The second kappa shape index (κ2) is 5.96. The van der Waals surface area contributed by atoms with Gasteiger partial charge >= 0.3 is 0 Å². The molecule has 1 heterocycles. The van der Waals surface area contributed by atoms with E-state index in [1.807, 2.05) is 0 Å². The lowest BCUT2D eigenvalue weighted by molar-refractivity contribution is 0.286. The first kappa shape index (κ1) is 13.0. The van der Waals surface area contributed by atoms with Crippen molar-refractivity contribution in [1.29, 1.82) is 0 Å². The van der Waals surface area contributed by atoms with E-state index in [1.54, 1.807) is 0 Å². The first-order chi connectivity index (χ1) is 9.38. The highest BCUT2D eigenvalue weighted by Gasteiger charge is 2.25. The zero-order chi connectivity index (χ0) is 13.1. The lowest BCUT2D eigenvalue weighted by Gasteiger charge is -2.30. The Morgan fingerprint density at radius 1 is 1.16 bits per heavy atom. The highest BCUT2D eigenvalue weighted by Crippen LogP contribution is 2.37. The van der Waals surface area contributed by atoms with Crippen LogP contribution in [-0.2, 0) is 6.42 Å². The molecule has 1 saturated carbocycles. The van der Waals surface area contributed by atoms with Crippen LogP contribution < -0.4 is 10.5 Å². The van der Waals surface area contributed by atoms with Crippen molar-refractivity contribution in [2.45, 2.75) is 50.9 Å². The lowest BCUT2D eigenvalue weighted by atomic mass is 9.76. The Morgan fingerprint density at radius 3 is 2.79 bits per heavy atom. The molecular weight excluding hydrogens is 234 g/mol. The zero-order valence-corrected chi connectivity index (χ0v) is 11.7. The molecule has 1 atom stereocenters. The number of ether oxygens (including phenoxy) is 1. The Kier molecular flexibility index (Phi) is 4.07. The average Bonchev–Trinajstić information content (AvgIpc) is 2.49. The maximum Gasteiger partial charge on any atom is 0.122 e. The van der Waals surface area contributed by atoms with Gasteiger partial charge < -0.3 is 10.5 Å². The van der Waals surface area contributed by atoms with Crippen LogP contribution in [0, 0.1) is 5.92 Å². The van der Waals surface area contributed by atoms with Crippen LogP contribution >= 0.6 is 0 Å². The Labute approximate surface area is 116 Å². The number of hydrogen-bond donors (Lipinski definition) is 1. The summed E-state index contributed by atoms with van der Waals surface area (Å²) in [7, 11) is 0. The van der Waals surface area contributed by atoms with E-state index in [0.29, 0.717) is 5.92 Å². The highest BCUT2D eigenvalue weighted by molar-refractivity contribution is 5.40. The van der Waals surface area contributed by atoms with Crippen molar-refractivity contribution >= 4 is 0 Å². The van der Waals surface area contributed by atoms with Gasteiger partial charge in [0, 0.05) is 0 Å². The van der Waals surface area contributed by atoms with Gasteiger partial charge in [-0.15, -0.1) is 0 Å². The standard InChI is InChI=1S/C17H25NO/c18-12-16(13-5-2-1-3-6-13)14-8-9-17-15(11-14)7-4-10-19-17/h8-9,11,13,16H,1-7,10,12,18H2. The molecule has 1 aliphatic carbocycles. The van der Waals surface area contributed by atoms with Crippen molar-refractivity contribution in [1.82, 2.24) is 0 Å². The summed E-state index contributed by atoms with van der Waals surface area (Å²) in [5.41, 5.74) is 8.91. The first-order valence-electron chi connectivity index (χ1n) is 7.84. The van der Waals surface area contributed by atoms with Gasteiger partial charge in [0.15, 0.2) is 0 Å². The van der Waals surface area contributed by atoms with Gasteiger partial charge in [0.2, 0.25) is 0 Å². The largest absolute Gasteiger partial charge is 0.493 e. The van der Waals surface area contributed by atoms with E-state index in [-0.39, 0.29) is 0 Å². The summed E-state index contributed by atoms with van der Waals surface area (Å²) in [6.07, 6.45) is 9.19. The van der Waals surface area contributed by atoms with Gasteiger partial charge in [-0.25, -0.2) is 0 Å². The molecule has 2 aliphatic rings. The van der Waals surface area contributed by atoms with Crippen molar-refractivity contribution in [3.63, 3.8) is 0 Å². The molecule has 1 unspecified atom stereocenters. The molecule has 104 valence electrons. The van der Waals surface area contributed by atoms with Gasteiger partial charge in [0.1, 0.15) is 5.75 Å². The maximum absolute atomic E-state index is 6.08. The van der Waals surface area contributed by atoms with Crippen molar-refractivity contribution < 1.29 is 4.74 Å². The summed E-state index contributed by atoms with van der Waals surface area (Å²) in [5.74, 6) is 2.43. The summed E-state index contributed by atoms with van der Waals surface area (Å²) >= 11 is 0. The number of nitrogens with two attached hydrogens (primary N) is 1. The van der Waals surface area contributed by atoms with Crippen molar-refractivity contribution in [2.24, 2.45) is 11.7 Å². The molecule has 1 aromatic carbocycles. The van der Waals surface area contributed by atoms with Gasteiger partial charge in [-0.3, -0.25) is 0 Å². The summed E-state index contributed by atoms with van der Waals surface area (Å²) < 4.78 is 5.71. The molecule has 1 fully saturated rings. The molecule has 0 saturated heterocycles. The predicted octanol–water partition coefficient (Wildman–Crippen LogP) is 3.63. The van der Waals surface area contributed by atoms with E-state index in [4.69, 9.17) is 10.5 Å². The molecule has 1 aliphatic heterocycles. The van der Waals surface area contributed by atoms with Gasteiger partial charge in [-0.2, -0.15) is 0 Å². The molecule has 0 spiro atoms. The summed E-state index contributed by atoms with van der Waals surface area (Å²) in [5, 5.41) is 0. The predicted molar refractivity (Wildman–Crippen MR) is 78.6 cm³/mol. The van der Waals surface area contributed by atoms with Gasteiger partial charge in [-0.05, 0) is 61.3 Å². The number of rotatable bonds is 3. The van der Waals surface area contributed by atoms with E-state index in [2.05, 4.69) is 18.2 Å². The molecule has 0 aromatic heterocycles. The molecule has 0 radical (unpaired) electrons.